The van der Waals surface area contributed by atoms with E-state index in [-0.39, 0.29) is 0 Å². The van der Waals surface area contributed by atoms with Gasteiger partial charge in [0.15, 0.2) is 0 Å². The highest BCUT2D eigenvalue weighted by Gasteiger charge is 2.20. The van der Waals surface area contributed by atoms with Crippen molar-refractivity contribution in [1.82, 2.24) is 5.32 Å². The molecule has 0 saturated heterocycles. The summed E-state index contributed by atoms with van der Waals surface area (Å²) in [6.07, 6.45) is 4.23. The second-order valence-corrected chi connectivity index (χ2v) is 6.12. The van der Waals surface area contributed by atoms with Crippen LogP contribution < -0.4 is 5.32 Å². The number of hydrogen-bond donors (Lipinski definition) is 1. The molecule has 0 amide bonds. The van der Waals surface area contributed by atoms with E-state index < -0.39 is 0 Å². The number of benzene rings is 1. The lowest BCUT2D eigenvalue weighted by Crippen LogP contribution is -2.15. The summed E-state index contributed by atoms with van der Waals surface area (Å²) in [6.45, 7) is 2.78. The smallest absolute Gasteiger partial charge is 0.114 e. The van der Waals surface area contributed by atoms with E-state index in [1.807, 2.05) is 25.1 Å². The molecule has 0 aliphatic heterocycles. The van der Waals surface area contributed by atoms with Gasteiger partial charge in [0.25, 0.3) is 0 Å². The van der Waals surface area contributed by atoms with Gasteiger partial charge in [-0.3, -0.25) is 0 Å². The van der Waals surface area contributed by atoms with E-state index in [0.29, 0.717) is 6.04 Å². The number of rotatable bonds is 5. The van der Waals surface area contributed by atoms with Crippen LogP contribution in [0.3, 0.4) is 0 Å². The Morgan fingerprint density at radius 2 is 2.20 bits per heavy atom. The molecule has 0 unspecified atom stereocenters. The van der Waals surface area contributed by atoms with Crippen molar-refractivity contribution in [3.8, 4) is 6.07 Å². The summed E-state index contributed by atoms with van der Waals surface area (Å²) in [5.41, 5.74) is 1.90. The summed E-state index contributed by atoms with van der Waals surface area (Å²) in [7, 11) is 0. The fraction of sp³-hybridized carbons (Fsp3) is 0.312. The lowest BCUT2D eigenvalue weighted by Gasteiger charge is -2.07. The first-order valence-electron chi connectivity index (χ1n) is 6.74. The molecule has 0 spiro atoms. The lowest BCUT2D eigenvalue weighted by atomic mass is 10.1. The number of hydrogen-bond acceptors (Lipinski definition) is 4. The summed E-state index contributed by atoms with van der Waals surface area (Å²) >= 11 is 1.58. The van der Waals surface area contributed by atoms with Crippen LogP contribution in [0.25, 0.3) is 0 Å². The van der Waals surface area contributed by atoms with E-state index in [4.69, 9.17) is 4.42 Å². The minimum atomic E-state index is 0.683. The Morgan fingerprint density at radius 1 is 1.35 bits per heavy atom. The predicted molar refractivity (Wildman–Crippen MR) is 78.6 cm³/mol. The fourth-order valence-electron chi connectivity index (χ4n) is 2.01. The van der Waals surface area contributed by atoms with Gasteiger partial charge in [0.05, 0.1) is 16.7 Å². The Morgan fingerprint density at radius 3 is 2.85 bits per heavy atom. The van der Waals surface area contributed by atoms with Crippen LogP contribution >= 0.6 is 11.8 Å². The Hall–Kier alpha value is -1.70. The van der Waals surface area contributed by atoms with Gasteiger partial charge in [0.2, 0.25) is 0 Å². The van der Waals surface area contributed by atoms with E-state index in [1.165, 1.54) is 18.4 Å². The van der Waals surface area contributed by atoms with Crippen LogP contribution in [-0.2, 0) is 6.54 Å². The van der Waals surface area contributed by atoms with Gasteiger partial charge in [-0.25, -0.2) is 0 Å². The zero-order valence-electron chi connectivity index (χ0n) is 11.3. The van der Waals surface area contributed by atoms with Crippen molar-refractivity contribution in [2.45, 2.75) is 42.1 Å². The SMILES string of the molecule is Cc1occc1Sc1ccc(CNC2CC2)cc1C#N. The Kier molecular flexibility index (Phi) is 3.81. The highest BCUT2D eigenvalue weighted by Crippen LogP contribution is 2.33. The molecule has 0 atom stereocenters. The maximum atomic E-state index is 9.32. The molecular weight excluding hydrogens is 268 g/mol. The summed E-state index contributed by atoms with van der Waals surface area (Å²) in [5, 5.41) is 12.8. The average Bonchev–Trinajstić information content (AvgIpc) is 3.21. The highest BCUT2D eigenvalue weighted by molar-refractivity contribution is 7.99. The minimum absolute atomic E-state index is 0.683. The molecule has 1 aliphatic rings. The molecule has 1 saturated carbocycles. The number of furan rings is 1. The van der Waals surface area contributed by atoms with Crippen molar-refractivity contribution in [3.63, 3.8) is 0 Å². The van der Waals surface area contributed by atoms with Crippen molar-refractivity contribution < 1.29 is 4.42 Å². The van der Waals surface area contributed by atoms with E-state index >= 15 is 0 Å². The highest BCUT2D eigenvalue weighted by atomic mass is 32.2. The minimum Gasteiger partial charge on any atom is -0.468 e. The standard InChI is InChI=1S/C16H16N2OS/c1-11-15(6-7-19-11)20-16-5-2-12(8-13(16)9-17)10-18-14-3-4-14/h2,5-8,14,18H,3-4,10H2,1H3. The number of nitriles is 1. The molecule has 3 nitrogen and oxygen atoms in total. The van der Waals surface area contributed by atoms with Crippen molar-refractivity contribution in [2.24, 2.45) is 0 Å². The average molecular weight is 284 g/mol. The second kappa shape index (κ2) is 5.74. The van der Waals surface area contributed by atoms with Crippen LogP contribution in [0.4, 0.5) is 0 Å². The largest absolute Gasteiger partial charge is 0.468 e. The van der Waals surface area contributed by atoms with Gasteiger partial charge in [-0.1, -0.05) is 17.8 Å². The van der Waals surface area contributed by atoms with Crippen molar-refractivity contribution >= 4 is 11.8 Å². The molecule has 4 heteroatoms. The topological polar surface area (TPSA) is 49.0 Å². The van der Waals surface area contributed by atoms with Crippen molar-refractivity contribution in [1.29, 1.82) is 5.26 Å². The van der Waals surface area contributed by atoms with Crippen LogP contribution in [0.1, 0.15) is 29.7 Å². The van der Waals surface area contributed by atoms with Gasteiger partial charge in [0, 0.05) is 17.5 Å². The predicted octanol–water partition coefficient (Wildman–Crippen LogP) is 3.86. The molecule has 102 valence electrons. The lowest BCUT2D eigenvalue weighted by molar-refractivity contribution is 0.527. The van der Waals surface area contributed by atoms with E-state index in [0.717, 1.165) is 27.7 Å². The van der Waals surface area contributed by atoms with Gasteiger partial charge in [-0.05, 0) is 43.5 Å². The first kappa shape index (κ1) is 13.3. The van der Waals surface area contributed by atoms with E-state index in [1.54, 1.807) is 18.0 Å². The molecule has 1 aromatic heterocycles. The van der Waals surface area contributed by atoms with E-state index in [9.17, 15) is 5.26 Å². The second-order valence-electron chi connectivity index (χ2n) is 5.04. The zero-order chi connectivity index (χ0) is 13.9. The molecule has 1 aromatic carbocycles. The maximum absolute atomic E-state index is 9.32. The summed E-state index contributed by atoms with van der Waals surface area (Å²) in [5.74, 6) is 0.887. The normalized spacial score (nSPS) is 14.2. The van der Waals surface area contributed by atoms with Gasteiger partial charge < -0.3 is 9.73 Å². The molecule has 1 heterocycles. The number of nitrogens with zero attached hydrogens (tertiary/aromatic N) is 1. The molecule has 1 fully saturated rings. The van der Waals surface area contributed by atoms with Crippen LogP contribution in [0, 0.1) is 18.3 Å². The third-order valence-corrected chi connectivity index (χ3v) is 4.59. The van der Waals surface area contributed by atoms with Crippen molar-refractivity contribution in [3.05, 3.63) is 47.4 Å². The summed E-state index contributed by atoms with van der Waals surface area (Å²) < 4.78 is 5.29. The first-order valence-corrected chi connectivity index (χ1v) is 7.56. The van der Waals surface area contributed by atoms with Crippen LogP contribution in [0.15, 0.2) is 44.7 Å². The van der Waals surface area contributed by atoms with Gasteiger partial charge in [0.1, 0.15) is 11.8 Å². The number of aryl methyl sites for hydroxylation is 1. The fourth-order valence-corrected chi connectivity index (χ4v) is 2.91. The molecular formula is C16H16N2OS. The maximum Gasteiger partial charge on any atom is 0.114 e. The first-order chi connectivity index (χ1) is 9.76. The third kappa shape index (κ3) is 3.06. The molecule has 3 rings (SSSR count). The number of nitrogens with one attached hydrogen (secondary N) is 1. The molecule has 1 aliphatic carbocycles. The van der Waals surface area contributed by atoms with Gasteiger partial charge in [-0.2, -0.15) is 5.26 Å². The summed E-state index contributed by atoms with van der Waals surface area (Å²) in [6, 6.07) is 11.0. The molecule has 1 N–H and O–H groups in total. The van der Waals surface area contributed by atoms with Gasteiger partial charge in [-0.15, -0.1) is 0 Å². The quantitative estimate of drug-likeness (QED) is 0.905. The monoisotopic (exact) mass is 284 g/mol. The third-order valence-electron chi connectivity index (χ3n) is 3.37. The van der Waals surface area contributed by atoms with Gasteiger partial charge >= 0.3 is 0 Å². The van der Waals surface area contributed by atoms with Crippen LogP contribution in [-0.4, -0.2) is 6.04 Å². The zero-order valence-corrected chi connectivity index (χ0v) is 12.2. The van der Waals surface area contributed by atoms with Crippen LogP contribution in [0.5, 0.6) is 0 Å². The molecule has 20 heavy (non-hydrogen) atoms. The van der Waals surface area contributed by atoms with E-state index in [2.05, 4.69) is 17.5 Å². The Balaban J connectivity index is 1.76. The molecule has 2 aromatic rings. The molecule has 0 bridgehead atoms. The van der Waals surface area contributed by atoms with Crippen molar-refractivity contribution in [2.75, 3.05) is 0 Å². The van der Waals surface area contributed by atoms with Crippen LogP contribution in [0.2, 0.25) is 0 Å². The Labute approximate surface area is 123 Å². The summed E-state index contributed by atoms with van der Waals surface area (Å²) in [4.78, 5) is 2.04. The molecule has 0 radical (unpaired) electrons. The Bertz CT molecular complexity index is 653.